The molecule has 0 unspecified atom stereocenters. The Morgan fingerprint density at radius 2 is 1.82 bits per heavy atom. The summed E-state index contributed by atoms with van der Waals surface area (Å²) >= 11 is 5.78. The first-order valence-corrected chi connectivity index (χ1v) is 9.98. The number of methoxy groups -OCH3 is 1. The minimum atomic E-state index is -4.11. The van der Waals surface area contributed by atoms with Crippen molar-refractivity contribution in [2.24, 2.45) is 5.14 Å². The molecule has 0 aliphatic carbocycles. The van der Waals surface area contributed by atoms with Crippen LogP contribution >= 0.6 is 11.6 Å². The Morgan fingerprint density at radius 3 is 2.39 bits per heavy atom. The molecule has 0 bridgehead atoms. The van der Waals surface area contributed by atoms with Crippen LogP contribution in [0.1, 0.15) is 22.8 Å². The Labute approximate surface area is 167 Å². The van der Waals surface area contributed by atoms with E-state index in [0.29, 0.717) is 5.75 Å². The fourth-order valence-electron chi connectivity index (χ4n) is 2.21. The summed E-state index contributed by atoms with van der Waals surface area (Å²) in [4.78, 5) is 23.9. The third-order valence-electron chi connectivity index (χ3n) is 3.75. The predicted octanol–water partition coefficient (Wildman–Crippen LogP) is 1.86. The number of esters is 1. The van der Waals surface area contributed by atoms with Crippen LogP contribution in [0.25, 0.3) is 0 Å². The molecule has 8 nitrogen and oxygen atoms in total. The van der Waals surface area contributed by atoms with Crippen LogP contribution in [0.15, 0.2) is 47.4 Å². The highest BCUT2D eigenvalue weighted by Gasteiger charge is 2.21. The second-order valence-electron chi connectivity index (χ2n) is 5.80. The lowest BCUT2D eigenvalue weighted by molar-refractivity contribution is -0.129. The van der Waals surface area contributed by atoms with Gasteiger partial charge in [-0.3, -0.25) is 4.79 Å². The van der Waals surface area contributed by atoms with E-state index in [9.17, 15) is 18.0 Å². The highest BCUT2D eigenvalue weighted by Crippen LogP contribution is 2.22. The molecular weight excluding hydrogens is 408 g/mol. The van der Waals surface area contributed by atoms with Crippen LogP contribution in [0.2, 0.25) is 5.02 Å². The summed E-state index contributed by atoms with van der Waals surface area (Å²) in [5.41, 5.74) is 0.742. The number of ether oxygens (including phenoxy) is 2. The monoisotopic (exact) mass is 426 g/mol. The van der Waals surface area contributed by atoms with Gasteiger partial charge in [0.05, 0.1) is 17.7 Å². The Hall–Kier alpha value is -2.62. The second-order valence-corrected chi connectivity index (χ2v) is 7.74. The average Bonchev–Trinajstić information content (AvgIpc) is 2.65. The van der Waals surface area contributed by atoms with Crippen LogP contribution in [0, 0.1) is 0 Å². The van der Waals surface area contributed by atoms with E-state index in [1.165, 1.54) is 19.1 Å². The summed E-state index contributed by atoms with van der Waals surface area (Å²) in [6, 6.07) is 10.6. The lowest BCUT2D eigenvalue weighted by Crippen LogP contribution is -2.35. The molecule has 0 saturated heterocycles. The maximum absolute atomic E-state index is 12.2. The molecule has 0 aliphatic heterocycles. The molecule has 0 fully saturated rings. The van der Waals surface area contributed by atoms with Gasteiger partial charge in [-0.2, -0.15) is 0 Å². The minimum Gasteiger partial charge on any atom is -0.497 e. The van der Waals surface area contributed by atoms with Crippen LogP contribution in [0.4, 0.5) is 0 Å². The molecule has 0 heterocycles. The highest BCUT2D eigenvalue weighted by atomic mass is 35.5. The van der Waals surface area contributed by atoms with Crippen molar-refractivity contribution in [2.45, 2.75) is 24.5 Å². The average molecular weight is 427 g/mol. The SMILES string of the molecule is COc1ccc(CNC(=O)[C@H](C)OC(=O)c2ccc(Cl)c(S(N)(=O)=O)c2)cc1. The van der Waals surface area contributed by atoms with Crippen LogP contribution in [0.3, 0.4) is 0 Å². The van der Waals surface area contributed by atoms with E-state index in [0.717, 1.165) is 11.6 Å². The van der Waals surface area contributed by atoms with Gasteiger partial charge in [0, 0.05) is 6.54 Å². The number of primary sulfonamides is 1. The number of rotatable bonds is 7. The quantitative estimate of drug-likeness (QED) is 0.651. The topological polar surface area (TPSA) is 125 Å². The number of carbonyl (C=O) groups is 2. The van der Waals surface area contributed by atoms with Gasteiger partial charge < -0.3 is 14.8 Å². The van der Waals surface area contributed by atoms with Crippen LogP contribution in [-0.2, 0) is 26.1 Å². The van der Waals surface area contributed by atoms with Gasteiger partial charge in [-0.05, 0) is 42.8 Å². The van der Waals surface area contributed by atoms with Gasteiger partial charge in [-0.25, -0.2) is 18.4 Å². The fraction of sp³-hybridized carbons (Fsp3) is 0.222. The third-order valence-corrected chi connectivity index (χ3v) is 5.14. The Balaban J connectivity index is 1.98. The summed E-state index contributed by atoms with van der Waals surface area (Å²) < 4.78 is 33.1. The molecule has 0 saturated carbocycles. The van der Waals surface area contributed by atoms with Crippen molar-refractivity contribution in [2.75, 3.05) is 7.11 Å². The Kier molecular flexibility index (Phi) is 7.00. The first kappa shape index (κ1) is 21.7. The number of carbonyl (C=O) groups excluding carboxylic acids is 2. The van der Waals surface area contributed by atoms with Crippen molar-refractivity contribution in [1.29, 1.82) is 0 Å². The van der Waals surface area contributed by atoms with Gasteiger partial charge in [0.1, 0.15) is 10.6 Å². The van der Waals surface area contributed by atoms with Gasteiger partial charge >= 0.3 is 5.97 Å². The molecular formula is C18H19ClN2O6S. The first-order chi connectivity index (χ1) is 13.1. The number of amides is 1. The zero-order valence-electron chi connectivity index (χ0n) is 15.1. The number of nitrogens with one attached hydrogen (secondary N) is 1. The van der Waals surface area contributed by atoms with E-state index in [1.54, 1.807) is 31.4 Å². The molecule has 10 heteroatoms. The smallest absolute Gasteiger partial charge is 0.338 e. The molecule has 1 amide bonds. The summed E-state index contributed by atoms with van der Waals surface area (Å²) in [5, 5.41) is 7.58. The third kappa shape index (κ3) is 5.69. The molecule has 2 aromatic carbocycles. The standard InChI is InChI=1S/C18H19ClN2O6S/c1-11(17(22)21-10-12-3-6-14(26-2)7-4-12)27-18(23)13-5-8-15(19)16(9-13)28(20,24)25/h3-9,11H,10H2,1-2H3,(H,21,22)(H2,20,24,25)/t11-/m0/s1. The second kappa shape index (κ2) is 9.05. The van der Waals surface area contributed by atoms with Crippen molar-refractivity contribution in [3.05, 3.63) is 58.6 Å². The fourth-order valence-corrected chi connectivity index (χ4v) is 3.28. The van der Waals surface area contributed by atoms with Crippen LogP contribution in [0.5, 0.6) is 5.75 Å². The maximum atomic E-state index is 12.2. The molecule has 2 rings (SSSR count). The number of hydrogen-bond donors (Lipinski definition) is 2. The molecule has 28 heavy (non-hydrogen) atoms. The van der Waals surface area contributed by atoms with Gasteiger partial charge in [-0.1, -0.05) is 23.7 Å². The predicted molar refractivity (Wildman–Crippen MR) is 103 cm³/mol. The normalized spacial score (nSPS) is 12.1. The first-order valence-electron chi connectivity index (χ1n) is 8.06. The van der Waals surface area contributed by atoms with Gasteiger partial charge in [0.15, 0.2) is 6.10 Å². The van der Waals surface area contributed by atoms with Crippen molar-refractivity contribution < 1.29 is 27.5 Å². The summed E-state index contributed by atoms with van der Waals surface area (Å²) in [6.07, 6.45) is -1.10. The lowest BCUT2D eigenvalue weighted by Gasteiger charge is -2.14. The van der Waals surface area contributed by atoms with E-state index >= 15 is 0 Å². The molecule has 2 aromatic rings. The number of benzene rings is 2. The van der Waals surface area contributed by atoms with E-state index in [1.807, 2.05) is 0 Å². The number of nitrogens with two attached hydrogens (primary N) is 1. The largest absolute Gasteiger partial charge is 0.497 e. The highest BCUT2D eigenvalue weighted by molar-refractivity contribution is 7.89. The van der Waals surface area contributed by atoms with E-state index in [2.05, 4.69) is 5.32 Å². The zero-order valence-corrected chi connectivity index (χ0v) is 16.7. The molecule has 1 atom stereocenters. The number of sulfonamides is 1. The van der Waals surface area contributed by atoms with Crippen molar-refractivity contribution >= 4 is 33.5 Å². The molecule has 3 N–H and O–H groups in total. The maximum Gasteiger partial charge on any atom is 0.338 e. The van der Waals surface area contributed by atoms with Gasteiger partial charge in [-0.15, -0.1) is 0 Å². The molecule has 0 aromatic heterocycles. The molecule has 0 aliphatic rings. The van der Waals surface area contributed by atoms with E-state index in [4.69, 9.17) is 26.2 Å². The molecule has 0 spiro atoms. The number of hydrogen-bond acceptors (Lipinski definition) is 6. The van der Waals surface area contributed by atoms with Crippen molar-refractivity contribution in [3.8, 4) is 5.75 Å². The van der Waals surface area contributed by atoms with Crippen LogP contribution < -0.4 is 15.2 Å². The van der Waals surface area contributed by atoms with E-state index < -0.39 is 32.9 Å². The molecule has 150 valence electrons. The lowest BCUT2D eigenvalue weighted by atomic mass is 10.2. The van der Waals surface area contributed by atoms with E-state index in [-0.39, 0.29) is 17.1 Å². The van der Waals surface area contributed by atoms with Crippen molar-refractivity contribution in [1.82, 2.24) is 5.32 Å². The summed E-state index contributed by atoms with van der Waals surface area (Å²) in [5.74, 6) is -0.697. The Morgan fingerprint density at radius 1 is 1.18 bits per heavy atom. The minimum absolute atomic E-state index is 0.0942. The molecule has 0 radical (unpaired) electrons. The van der Waals surface area contributed by atoms with Gasteiger partial charge in [0.2, 0.25) is 10.0 Å². The van der Waals surface area contributed by atoms with Crippen LogP contribution in [-0.4, -0.2) is 33.5 Å². The van der Waals surface area contributed by atoms with Gasteiger partial charge in [0.25, 0.3) is 5.91 Å². The Bertz CT molecular complexity index is 976. The summed E-state index contributed by atoms with van der Waals surface area (Å²) in [6.45, 7) is 1.64. The summed E-state index contributed by atoms with van der Waals surface area (Å²) in [7, 11) is -2.55. The van der Waals surface area contributed by atoms with Crippen molar-refractivity contribution in [3.63, 3.8) is 0 Å². The number of halogens is 1. The zero-order chi connectivity index (χ0) is 20.9.